The smallest absolute Gasteiger partial charge is 0.244 e. The standard InChI is InChI=1S/C12H20N4O2S/c1-9-3-2-4-10(7-9)16-19(17,18)12-8-14-6-5-11(12)15-13/h5-6,8-10,16H,2-4,7,13H2,1H3,(H,14,15). The minimum Gasteiger partial charge on any atom is -0.323 e. The van der Waals surface area contributed by atoms with Crippen LogP contribution < -0.4 is 16.0 Å². The molecule has 7 heteroatoms. The fraction of sp³-hybridized carbons (Fsp3) is 0.583. The van der Waals surface area contributed by atoms with E-state index >= 15 is 0 Å². The Morgan fingerprint density at radius 1 is 1.42 bits per heavy atom. The summed E-state index contributed by atoms with van der Waals surface area (Å²) in [5.41, 5.74) is 2.74. The Morgan fingerprint density at radius 2 is 2.21 bits per heavy atom. The van der Waals surface area contributed by atoms with Crippen molar-refractivity contribution in [1.29, 1.82) is 0 Å². The SMILES string of the molecule is CC1CCCC(NS(=O)(=O)c2cnccc2NN)C1. The van der Waals surface area contributed by atoms with Crippen molar-refractivity contribution in [1.82, 2.24) is 9.71 Å². The van der Waals surface area contributed by atoms with Gasteiger partial charge in [0.15, 0.2) is 0 Å². The number of pyridine rings is 1. The van der Waals surface area contributed by atoms with Gasteiger partial charge in [-0.3, -0.25) is 10.8 Å². The van der Waals surface area contributed by atoms with E-state index in [0.717, 1.165) is 19.3 Å². The van der Waals surface area contributed by atoms with Gasteiger partial charge >= 0.3 is 0 Å². The maximum Gasteiger partial charge on any atom is 0.244 e. The fourth-order valence-electron chi connectivity index (χ4n) is 2.54. The second kappa shape index (κ2) is 5.85. The van der Waals surface area contributed by atoms with Crippen molar-refractivity contribution in [3.63, 3.8) is 0 Å². The minimum atomic E-state index is -3.58. The third kappa shape index (κ3) is 3.43. The number of nitrogens with two attached hydrogens (primary N) is 1. The molecule has 1 saturated carbocycles. The van der Waals surface area contributed by atoms with Crippen LogP contribution in [0, 0.1) is 5.92 Å². The fourth-order valence-corrected chi connectivity index (χ4v) is 3.93. The second-order valence-electron chi connectivity index (χ2n) is 5.11. The molecule has 106 valence electrons. The molecular weight excluding hydrogens is 264 g/mol. The number of nitrogen functional groups attached to an aromatic ring is 1. The molecular formula is C12H20N4O2S. The molecule has 1 aromatic rings. The summed E-state index contributed by atoms with van der Waals surface area (Å²) in [6, 6.07) is 1.54. The summed E-state index contributed by atoms with van der Waals surface area (Å²) in [6.07, 6.45) is 6.80. The molecule has 0 aliphatic heterocycles. The summed E-state index contributed by atoms with van der Waals surface area (Å²) < 4.78 is 27.4. The van der Waals surface area contributed by atoms with E-state index in [0.29, 0.717) is 11.6 Å². The van der Waals surface area contributed by atoms with Gasteiger partial charge in [0.1, 0.15) is 4.90 Å². The first-order chi connectivity index (χ1) is 9.03. The summed E-state index contributed by atoms with van der Waals surface area (Å²) in [5, 5.41) is 0. The Morgan fingerprint density at radius 3 is 2.89 bits per heavy atom. The van der Waals surface area contributed by atoms with E-state index in [1.165, 1.54) is 24.9 Å². The number of hydrogen-bond acceptors (Lipinski definition) is 5. The molecule has 2 atom stereocenters. The lowest BCUT2D eigenvalue weighted by Crippen LogP contribution is -2.38. The van der Waals surface area contributed by atoms with Crippen molar-refractivity contribution in [3.05, 3.63) is 18.5 Å². The molecule has 2 rings (SSSR count). The number of nitrogens with one attached hydrogen (secondary N) is 2. The van der Waals surface area contributed by atoms with Crippen molar-refractivity contribution in [2.75, 3.05) is 5.43 Å². The van der Waals surface area contributed by atoms with Gasteiger partial charge in [0.05, 0.1) is 5.69 Å². The van der Waals surface area contributed by atoms with E-state index in [1.54, 1.807) is 0 Å². The average molecular weight is 284 g/mol. The Labute approximate surface area is 113 Å². The summed E-state index contributed by atoms with van der Waals surface area (Å²) >= 11 is 0. The molecule has 19 heavy (non-hydrogen) atoms. The lowest BCUT2D eigenvalue weighted by atomic mass is 9.88. The highest BCUT2D eigenvalue weighted by molar-refractivity contribution is 7.89. The van der Waals surface area contributed by atoms with Crippen LogP contribution in [0.1, 0.15) is 32.6 Å². The predicted octanol–water partition coefficient (Wildman–Crippen LogP) is 1.22. The van der Waals surface area contributed by atoms with E-state index in [-0.39, 0.29) is 10.9 Å². The van der Waals surface area contributed by atoms with Gasteiger partial charge in [-0.25, -0.2) is 13.1 Å². The van der Waals surface area contributed by atoms with Crippen LogP contribution in [0.4, 0.5) is 5.69 Å². The molecule has 1 aliphatic carbocycles. The lowest BCUT2D eigenvalue weighted by Gasteiger charge is -2.27. The Hall–Kier alpha value is -1.18. The van der Waals surface area contributed by atoms with Gasteiger partial charge in [-0.2, -0.15) is 0 Å². The quantitative estimate of drug-likeness (QED) is 0.570. The van der Waals surface area contributed by atoms with Gasteiger partial charge in [-0.15, -0.1) is 0 Å². The van der Waals surface area contributed by atoms with Crippen LogP contribution in [0.3, 0.4) is 0 Å². The van der Waals surface area contributed by atoms with E-state index in [2.05, 4.69) is 22.1 Å². The van der Waals surface area contributed by atoms with E-state index in [9.17, 15) is 8.42 Å². The highest BCUT2D eigenvalue weighted by Gasteiger charge is 2.26. The van der Waals surface area contributed by atoms with Gasteiger partial charge in [0, 0.05) is 18.4 Å². The first-order valence-corrected chi connectivity index (χ1v) is 7.94. The summed E-state index contributed by atoms with van der Waals surface area (Å²) in [4.78, 5) is 3.95. The molecule has 2 unspecified atom stereocenters. The highest BCUT2D eigenvalue weighted by atomic mass is 32.2. The molecule has 6 nitrogen and oxygen atoms in total. The molecule has 4 N–H and O–H groups in total. The molecule has 0 saturated heterocycles. The third-order valence-electron chi connectivity index (χ3n) is 3.49. The highest BCUT2D eigenvalue weighted by Crippen LogP contribution is 2.26. The number of aromatic nitrogens is 1. The predicted molar refractivity (Wildman–Crippen MR) is 73.8 cm³/mol. The van der Waals surface area contributed by atoms with Crippen molar-refractivity contribution in [3.8, 4) is 0 Å². The van der Waals surface area contributed by atoms with Crippen LogP contribution >= 0.6 is 0 Å². The van der Waals surface area contributed by atoms with Crippen LogP contribution in [0.15, 0.2) is 23.4 Å². The molecule has 1 aromatic heterocycles. The Bertz CT molecular complexity index is 532. The minimum absolute atomic E-state index is 0.000388. The molecule has 1 heterocycles. The molecule has 0 radical (unpaired) electrons. The zero-order chi connectivity index (χ0) is 13.9. The van der Waals surface area contributed by atoms with Crippen LogP contribution in [0.5, 0.6) is 0 Å². The summed E-state index contributed by atoms with van der Waals surface area (Å²) in [7, 11) is -3.58. The third-order valence-corrected chi connectivity index (χ3v) is 5.04. The van der Waals surface area contributed by atoms with E-state index in [1.807, 2.05) is 0 Å². The lowest BCUT2D eigenvalue weighted by molar-refractivity contribution is 0.327. The van der Waals surface area contributed by atoms with Gasteiger partial charge in [0.2, 0.25) is 10.0 Å². The average Bonchev–Trinajstić information content (AvgIpc) is 2.38. The van der Waals surface area contributed by atoms with Gasteiger partial charge in [-0.05, 0) is 24.8 Å². The Balaban J connectivity index is 2.18. The zero-order valence-electron chi connectivity index (χ0n) is 11.0. The van der Waals surface area contributed by atoms with E-state index in [4.69, 9.17) is 5.84 Å². The normalized spacial score (nSPS) is 24.1. The van der Waals surface area contributed by atoms with Crippen molar-refractivity contribution in [2.24, 2.45) is 11.8 Å². The maximum atomic E-state index is 12.3. The maximum absolute atomic E-state index is 12.3. The molecule has 0 spiro atoms. The van der Waals surface area contributed by atoms with Crippen molar-refractivity contribution >= 4 is 15.7 Å². The van der Waals surface area contributed by atoms with Crippen molar-refractivity contribution in [2.45, 2.75) is 43.5 Å². The largest absolute Gasteiger partial charge is 0.323 e. The zero-order valence-corrected chi connectivity index (χ0v) is 11.8. The van der Waals surface area contributed by atoms with Gasteiger partial charge < -0.3 is 5.43 Å². The van der Waals surface area contributed by atoms with Crippen LogP contribution in [0.25, 0.3) is 0 Å². The molecule has 1 aliphatic rings. The molecule has 0 bridgehead atoms. The van der Waals surface area contributed by atoms with Crippen LogP contribution in [-0.2, 0) is 10.0 Å². The first kappa shape index (κ1) is 14.2. The monoisotopic (exact) mass is 284 g/mol. The Kier molecular flexibility index (Phi) is 4.38. The molecule has 1 fully saturated rings. The van der Waals surface area contributed by atoms with Crippen LogP contribution in [0.2, 0.25) is 0 Å². The number of rotatable bonds is 4. The summed E-state index contributed by atoms with van der Waals surface area (Å²) in [5.74, 6) is 5.89. The second-order valence-corrected chi connectivity index (χ2v) is 6.79. The number of nitrogens with zero attached hydrogens (tertiary/aromatic N) is 1. The topological polar surface area (TPSA) is 97.1 Å². The summed E-state index contributed by atoms with van der Waals surface area (Å²) in [6.45, 7) is 2.15. The van der Waals surface area contributed by atoms with Gasteiger partial charge in [0.25, 0.3) is 0 Å². The first-order valence-electron chi connectivity index (χ1n) is 6.46. The van der Waals surface area contributed by atoms with E-state index < -0.39 is 10.0 Å². The number of sulfonamides is 1. The molecule has 0 amide bonds. The van der Waals surface area contributed by atoms with Crippen LogP contribution in [-0.4, -0.2) is 19.4 Å². The number of hydrogen-bond donors (Lipinski definition) is 3. The molecule has 0 aromatic carbocycles. The number of anilines is 1. The van der Waals surface area contributed by atoms with Gasteiger partial charge in [-0.1, -0.05) is 19.8 Å². The van der Waals surface area contributed by atoms with Crippen molar-refractivity contribution < 1.29 is 8.42 Å². The number of hydrazine groups is 1.